The van der Waals surface area contributed by atoms with Crippen molar-refractivity contribution in [2.45, 2.75) is 46.1 Å². The maximum absolute atomic E-state index is 13.5. The minimum absolute atomic E-state index is 0.188. The van der Waals surface area contributed by atoms with Gasteiger partial charge in [0.25, 0.3) is 17.6 Å². The van der Waals surface area contributed by atoms with E-state index in [4.69, 9.17) is 0 Å². The van der Waals surface area contributed by atoms with Crippen LogP contribution in [0.5, 0.6) is 0 Å². The van der Waals surface area contributed by atoms with Gasteiger partial charge in [-0.05, 0) is 83.0 Å². The lowest BCUT2D eigenvalue weighted by Crippen LogP contribution is -2.54. The predicted molar refractivity (Wildman–Crippen MR) is 117 cm³/mol. The summed E-state index contributed by atoms with van der Waals surface area (Å²) in [5, 5.41) is 8.87. The van der Waals surface area contributed by atoms with E-state index in [-0.39, 0.29) is 11.5 Å². The predicted octanol–water partition coefficient (Wildman–Crippen LogP) is 2.78. The molecule has 3 N–H and O–H groups in total. The summed E-state index contributed by atoms with van der Waals surface area (Å²) < 4.78 is 15.1. The molecule has 7 nitrogen and oxygen atoms in total. The van der Waals surface area contributed by atoms with Crippen LogP contribution < -0.4 is 16.0 Å². The lowest BCUT2D eigenvalue weighted by molar-refractivity contribution is -0.119. The highest BCUT2D eigenvalue weighted by Crippen LogP contribution is 2.24. The highest BCUT2D eigenvalue weighted by atomic mass is 19.1. The van der Waals surface area contributed by atoms with Gasteiger partial charge in [-0.3, -0.25) is 14.4 Å². The maximum Gasteiger partial charge on any atom is 0.294 e. The molecular weight excluding hydrogens is 399 g/mol. The van der Waals surface area contributed by atoms with Crippen molar-refractivity contribution in [1.82, 2.24) is 15.2 Å². The van der Waals surface area contributed by atoms with Gasteiger partial charge in [0.15, 0.2) is 0 Å². The normalized spacial score (nSPS) is 15.4. The molecule has 2 aromatic rings. The number of hydrogen-bond acceptors (Lipinski definition) is 4. The molecule has 1 aliphatic heterocycles. The van der Waals surface area contributed by atoms with E-state index in [0.29, 0.717) is 28.1 Å². The number of Topliss-reactive ketones (excluding diaryl/α,β-unsaturated/α-hetero) is 1. The van der Waals surface area contributed by atoms with Crippen molar-refractivity contribution in [3.63, 3.8) is 0 Å². The Morgan fingerprint density at radius 1 is 1.13 bits per heavy atom. The molecule has 0 spiro atoms. The Morgan fingerprint density at radius 3 is 2.39 bits per heavy atom. The van der Waals surface area contributed by atoms with E-state index in [1.54, 1.807) is 38.5 Å². The van der Waals surface area contributed by atoms with Crippen molar-refractivity contribution >= 4 is 23.3 Å². The molecule has 3 rings (SSSR count). The minimum Gasteiger partial charge on any atom is -0.344 e. The van der Waals surface area contributed by atoms with Crippen LogP contribution in [0.25, 0.3) is 0 Å². The number of nitrogens with zero attached hydrogens (tertiary/aromatic N) is 1. The molecule has 1 aliphatic rings. The van der Waals surface area contributed by atoms with Crippen molar-refractivity contribution in [1.29, 1.82) is 0 Å². The second-order valence-electron chi connectivity index (χ2n) is 8.51. The summed E-state index contributed by atoms with van der Waals surface area (Å²) in [7, 11) is 1.66. The zero-order valence-corrected chi connectivity index (χ0v) is 18.6. The molecule has 1 aromatic heterocycles. The zero-order valence-electron chi connectivity index (χ0n) is 18.6. The molecule has 2 heterocycles. The first-order chi connectivity index (χ1) is 14.5. The zero-order chi connectivity index (χ0) is 22.9. The maximum atomic E-state index is 13.5. The highest BCUT2D eigenvalue weighted by Gasteiger charge is 2.34. The van der Waals surface area contributed by atoms with Crippen LogP contribution in [0.3, 0.4) is 0 Å². The molecule has 0 radical (unpaired) electrons. The Morgan fingerprint density at radius 2 is 1.77 bits per heavy atom. The fourth-order valence-electron chi connectivity index (χ4n) is 4.09. The van der Waals surface area contributed by atoms with Crippen molar-refractivity contribution in [3.05, 3.63) is 52.1 Å². The van der Waals surface area contributed by atoms with Crippen LogP contribution in [-0.4, -0.2) is 40.8 Å². The van der Waals surface area contributed by atoms with Crippen LogP contribution in [0, 0.1) is 26.6 Å². The fraction of sp³-hybridized carbons (Fsp3) is 0.435. The first-order valence-electron chi connectivity index (χ1n) is 10.3. The van der Waals surface area contributed by atoms with E-state index in [2.05, 4.69) is 16.0 Å². The Labute approximate surface area is 181 Å². The molecule has 1 aromatic carbocycles. The molecule has 0 bridgehead atoms. The van der Waals surface area contributed by atoms with Crippen molar-refractivity contribution in [3.8, 4) is 0 Å². The molecule has 0 unspecified atom stereocenters. The quantitative estimate of drug-likeness (QED) is 0.504. The number of aromatic nitrogens is 1. The second-order valence-corrected chi connectivity index (χ2v) is 8.51. The van der Waals surface area contributed by atoms with Crippen LogP contribution in [0.1, 0.15) is 57.4 Å². The van der Waals surface area contributed by atoms with E-state index in [0.717, 1.165) is 25.9 Å². The van der Waals surface area contributed by atoms with Crippen LogP contribution in [0.2, 0.25) is 0 Å². The van der Waals surface area contributed by atoms with E-state index >= 15 is 0 Å². The summed E-state index contributed by atoms with van der Waals surface area (Å²) >= 11 is 0. The Hall–Kier alpha value is -3.00. The molecule has 166 valence electrons. The van der Waals surface area contributed by atoms with Gasteiger partial charge in [0, 0.05) is 24.0 Å². The lowest BCUT2D eigenvalue weighted by Gasteiger charge is -2.34. The molecule has 8 heteroatoms. The highest BCUT2D eigenvalue weighted by molar-refractivity contribution is 6.43. The fourth-order valence-corrected chi connectivity index (χ4v) is 4.09. The minimum atomic E-state index is -0.672. The first-order valence-corrected chi connectivity index (χ1v) is 10.3. The Kier molecular flexibility index (Phi) is 6.31. The largest absolute Gasteiger partial charge is 0.344 e. The number of anilines is 1. The van der Waals surface area contributed by atoms with Gasteiger partial charge in [0.2, 0.25) is 0 Å². The molecule has 31 heavy (non-hydrogen) atoms. The van der Waals surface area contributed by atoms with Gasteiger partial charge in [-0.2, -0.15) is 0 Å². The summed E-state index contributed by atoms with van der Waals surface area (Å²) in [6, 6.07) is 4.31. The number of nitrogens with one attached hydrogen (secondary N) is 3. The van der Waals surface area contributed by atoms with Gasteiger partial charge in [-0.1, -0.05) is 0 Å². The second kappa shape index (κ2) is 8.63. The number of rotatable bonds is 5. The van der Waals surface area contributed by atoms with Crippen molar-refractivity contribution in [2.75, 3.05) is 18.4 Å². The number of carbonyl (C=O) groups excluding carboxylic acids is 3. The monoisotopic (exact) mass is 428 g/mol. The van der Waals surface area contributed by atoms with Gasteiger partial charge in [-0.15, -0.1) is 0 Å². The molecule has 0 saturated carbocycles. The summed E-state index contributed by atoms with van der Waals surface area (Å²) in [6.07, 6.45) is 1.48. The van der Waals surface area contributed by atoms with Gasteiger partial charge in [0.05, 0.1) is 11.3 Å². The van der Waals surface area contributed by atoms with E-state index in [1.165, 1.54) is 12.1 Å². The van der Waals surface area contributed by atoms with Crippen LogP contribution in [0.15, 0.2) is 18.2 Å². The van der Waals surface area contributed by atoms with Crippen LogP contribution in [-0.2, 0) is 11.8 Å². The Bertz CT molecular complexity index is 1050. The SMILES string of the molecule is Cc1cc(NC(=O)c2c(C)c(C(=O)C(=O)NC3(C)CCNCC3)n(C)c2C)ccc1F. The van der Waals surface area contributed by atoms with E-state index < -0.39 is 23.1 Å². The lowest BCUT2D eigenvalue weighted by atomic mass is 9.90. The summed E-state index contributed by atoms with van der Waals surface area (Å²) in [5.74, 6) is -2.11. The van der Waals surface area contributed by atoms with Gasteiger partial charge in [-0.25, -0.2) is 4.39 Å². The summed E-state index contributed by atoms with van der Waals surface area (Å²) in [5.41, 5.74) is 1.95. The number of hydrogen-bond donors (Lipinski definition) is 3. The number of ketones is 1. The average Bonchev–Trinajstić information content (AvgIpc) is 2.93. The number of aryl methyl sites for hydroxylation is 1. The third-order valence-corrected chi connectivity index (χ3v) is 6.12. The number of amides is 2. The topological polar surface area (TPSA) is 92.2 Å². The van der Waals surface area contributed by atoms with E-state index in [1.807, 2.05) is 6.92 Å². The number of halogens is 1. The summed E-state index contributed by atoms with van der Waals surface area (Å²) in [4.78, 5) is 38.7. The molecular formula is C23H29FN4O3. The Balaban J connectivity index is 1.85. The molecule has 1 saturated heterocycles. The van der Waals surface area contributed by atoms with Gasteiger partial charge >= 0.3 is 0 Å². The van der Waals surface area contributed by atoms with E-state index in [9.17, 15) is 18.8 Å². The van der Waals surface area contributed by atoms with Crippen LogP contribution in [0.4, 0.5) is 10.1 Å². The molecule has 2 amide bonds. The van der Waals surface area contributed by atoms with Crippen molar-refractivity contribution < 1.29 is 18.8 Å². The molecule has 0 aliphatic carbocycles. The number of carbonyl (C=O) groups is 3. The third-order valence-electron chi connectivity index (χ3n) is 6.12. The smallest absolute Gasteiger partial charge is 0.294 e. The van der Waals surface area contributed by atoms with Crippen molar-refractivity contribution in [2.24, 2.45) is 7.05 Å². The summed E-state index contributed by atoms with van der Waals surface area (Å²) in [6.45, 7) is 8.49. The number of benzene rings is 1. The van der Waals surface area contributed by atoms with Crippen LogP contribution >= 0.6 is 0 Å². The molecule has 1 fully saturated rings. The third kappa shape index (κ3) is 4.54. The van der Waals surface area contributed by atoms with Gasteiger partial charge in [0.1, 0.15) is 5.82 Å². The average molecular weight is 429 g/mol. The van der Waals surface area contributed by atoms with Gasteiger partial charge < -0.3 is 20.5 Å². The number of piperidine rings is 1. The molecule has 0 atom stereocenters. The standard InChI is InChI=1S/C23H29FN4O3/c1-13-12-16(6-7-17(13)24)26-21(30)18-14(2)19(28(5)15(18)3)20(29)22(31)27-23(4)8-10-25-11-9-23/h6-7,12,25H,8-11H2,1-5H3,(H,26,30)(H,27,31). The first kappa shape index (κ1) is 22.7.